The van der Waals surface area contributed by atoms with Gasteiger partial charge in [-0.3, -0.25) is 14.9 Å². The average Bonchev–Trinajstić information content (AvgIpc) is 2.15. The first-order chi connectivity index (χ1) is 5.95. The monoisotopic (exact) mass is 227 g/mol. The summed E-state index contributed by atoms with van der Waals surface area (Å²) in [5, 5.41) is 37.5. The summed E-state index contributed by atoms with van der Waals surface area (Å²) in [5.74, 6) is -2.29. The lowest BCUT2D eigenvalue weighted by molar-refractivity contribution is -0.140. The molecule has 1 fully saturated rings. The van der Waals surface area contributed by atoms with Crippen LogP contribution >= 0.6 is 12.4 Å². The highest BCUT2D eigenvalue weighted by atomic mass is 35.5. The first kappa shape index (κ1) is 13.3. The van der Waals surface area contributed by atoms with Crippen molar-refractivity contribution in [3.05, 3.63) is 0 Å². The van der Waals surface area contributed by atoms with Crippen LogP contribution in [0.15, 0.2) is 0 Å². The van der Waals surface area contributed by atoms with Crippen LogP contribution in [0.25, 0.3) is 0 Å². The zero-order valence-corrected chi connectivity index (χ0v) is 7.64. The van der Waals surface area contributed by atoms with E-state index in [1.807, 2.05) is 0 Å². The predicted octanol–water partition coefficient (Wildman–Crippen LogP) is -3.49. The Labute approximate surface area is 84.8 Å². The smallest absolute Gasteiger partial charge is 0.258 e. The Morgan fingerprint density at radius 3 is 1.43 bits per heavy atom. The topological polar surface area (TPSA) is 127 Å². The Morgan fingerprint density at radius 2 is 1.14 bits per heavy atom. The van der Waals surface area contributed by atoms with Crippen molar-refractivity contribution in [1.29, 1.82) is 0 Å². The number of amides is 2. The third-order valence-corrected chi connectivity index (χ3v) is 1.78. The van der Waals surface area contributed by atoms with Gasteiger partial charge in [0.1, 0.15) is 12.2 Å². The number of nitrogens with one attached hydrogen (secondary N) is 1. The van der Waals surface area contributed by atoms with Gasteiger partial charge in [0.25, 0.3) is 11.8 Å². The standard InChI is InChI=1S/C6H9NO6.ClH/c8-1-2(9)4(11)6(13)7-5(12)3(1)10;/h1-4,8-11H,(H,7,12,13);1H/t1-,2-,3-,4+;/m0./s1. The van der Waals surface area contributed by atoms with E-state index in [0.717, 1.165) is 0 Å². The summed E-state index contributed by atoms with van der Waals surface area (Å²) < 4.78 is 0. The SMILES string of the molecule is Cl.O=C1NC(=O)[C@H](O)[C@@H](O)[C@H](O)[C@@H]1O. The van der Waals surface area contributed by atoms with Gasteiger partial charge in [-0.1, -0.05) is 0 Å². The van der Waals surface area contributed by atoms with Gasteiger partial charge >= 0.3 is 0 Å². The molecule has 0 aromatic heterocycles. The molecule has 5 N–H and O–H groups in total. The number of aliphatic hydroxyl groups excluding tert-OH is 4. The normalized spacial score (nSPS) is 38.3. The number of aliphatic hydroxyl groups is 4. The summed E-state index contributed by atoms with van der Waals surface area (Å²) >= 11 is 0. The van der Waals surface area contributed by atoms with Crippen molar-refractivity contribution in [3.8, 4) is 0 Å². The fourth-order valence-electron chi connectivity index (χ4n) is 0.953. The van der Waals surface area contributed by atoms with Crippen LogP contribution in [0, 0.1) is 0 Å². The van der Waals surface area contributed by atoms with Crippen molar-refractivity contribution in [3.63, 3.8) is 0 Å². The summed E-state index contributed by atoms with van der Waals surface area (Å²) in [6.45, 7) is 0. The average molecular weight is 228 g/mol. The molecule has 0 bridgehead atoms. The fourth-order valence-corrected chi connectivity index (χ4v) is 0.953. The molecule has 1 aliphatic rings. The van der Waals surface area contributed by atoms with Gasteiger partial charge in [0, 0.05) is 0 Å². The van der Waals surface area contributed by atoms with Crippen molar-refractivity contribution < 1.29 is 30.0 Å². The minimum Gasteiger partial charge on any atom is -0.387 e. The van der Waals surface area contributed by atoms with E-state index in [1.54, 1.807) is 5.32 Å². The summed E-state index contributed by atoms with van der Waals surface area (Å²) in [6, 6.07) is 0. The third kappa shape index (κ3) is 2.20. The van der Waals surface area contributed by atoms with E-state index in [4.69, 9.17) is 20.4 Å². The molecule has 0 aromatic carbocycles. The van der Waals surface area contributed by atoms with Gasteiger partial charge in [-0.2, -0.15) is 0 Å². The number of carbonyl (C=O) groups excluding carboxylic acids is 2. The molecule has 4 atom stereocenters. The van der Waals surface area contributed by atoms with E-state index in [2.05, 4.69) is 0 Å². The van der Waals surface area contributed by atoms with Crippen LogP contribution in [0.1, 0.15) is 0 Å². The van der Waals surface area contributed by atoms with E-state index in [0.29, 0.717) is 0 Å². The van der Waals surface area contributed by atoms with E-state index in [1.165, 1.54) is 0 Å². The molecular weight excluding hydrogens is 218 g/mol. The number of imide groups is 1. The lowest BCUT2D eigenvalue weighted by atomic mass is 10.1. The van der Waals surface area contributed by atoms with Crippen LogP contribution < -0.4 is 5.32 Å². The summed E-state index contributed by atoms with van der Waals surface area (Å²) in [6.07, 6.45) is -7.59. The Kier molecular flexibility index (Phi) is 4.43. The van der Waals surface area contributed by atoms with Crippen molar-refractivity contribution in [2.24, 2.45) is 0 Å². The Bertz CT molecular complexity index is 222. The van der Waals surface area contributed by atoms with E-state index < -0.39 is 36.2 Å². The highest BCUT2D eigenvalue weighted by Gasteiger charge is 2.42. The van der Waals surface area contributed by atoms with Gasteiger partial charge in [0.15, 0.2) is 12.2 Å². The zero-order chi connectivity index (χ0) is 10.2. The molecule has 0 spiro atoms. The summed E-state index contributed by atoms with van der Waals surface area (Å²) in [5.41, 5.74) is 0. The highest BCUT2D eigenvalue weighted by molar-refractivity contribution is 6.00. The van der Waals surface area contributed by atoms with Crippen molar-refractivity contribution in [1.82, 2.24) is 5.32 Å². The molecule has 1 saturated heterocycles. The first-order valence-corrected chi connectivity index (χ1v) is 3.52. The van der Waals surface area contributed by atoms with Gasteiger partial charge < -0.3 is 20.4 Å². The van der Waals surface area contributed by atoms with Crippen LogP contribution in [0.3, 0.4) is 0 Å². The molecule has 0 aromatic rings. The number of hydrogen-bond donors (Lipinski definition) is 5. The van der Waals surface area contributed by atoms with Crippen molar-refractivity contribution in [2.75, 3.05) is 0 Å². The van der Waals surface area contributed by atoms with Crippen LogP contribution in [-0.2, 0) is 9.59 Å². The predicted molar refractivity (Wildman–Crippen MR) is 44.4 cm³/mol. The molecule has 0 unspecified atom stereocenters. The van der Waals surface area contributed by atoms with Crippen LogP contribution in [0.2, 0.25) is 0 Å². The molecule has 82 valence electrons. The molecule has 8 heteroatoms. The first-order valence-electron chi connectivity index (χ1n) is 3.52. The number of rotatable bonds is 0. The maximum Gasteiger partial charge on any atom is 0.258 e. The molecule has 14 heavy (non-hydrogen) atoms. The van der Waals surface area contributed by atoms with Crippen molar-refractivity contribution >= 4 is 24.2 Å². The van der Waals surface area contributed by atoms with Crippen LogP contribution in [0.4, 0.5) is 0 Å². The largest absolute Gasteiger partial charge is 0.387 e. The highest BCUT2D eigenvalue weighted by Crippen LogP contribution is 2.09. The maximum absolute atomic E-state index is 10.8. The molecule has 2 amide bonds. The maximum atomic E-state index is 10.8. The van der Waals surface area contributed by atoms with Crippen molar-refractivity contribution in [2.45, 2.75) is 24.4 Å². The number of carbonyl (C=O) groups is 2. The van der Waals surface area contributed by atoms with Gasteiger partial charge in [-0.05, 0) is 0 Å². The Hall–Kier alpha value is -0.730. The molecule has 1 heterocycles. The van der Waals surface area contributed by atoms with E-state index in [9.17, 15) is 9.59 Å². The molecule has 0 saturated carbocycles. The molecule has 7 nitrogen and oxygen atoms in total. The van der Waals surface area contributed by atoms with Crippen LogP contribution in [-0.4, -0.2) is 56.7 Å². The second-order valence-electron chi connectivity index (χ2n) is 2.72. The zero-order valence-electron chi connectivity index (χ0n) is 6.82. The second kappa shape index (κ2) is 4.67. The molecule has 0 aliphatic carbocycles. The van der Waals surface area contributed by atoms with Gasteiger partial charge in [0.2, 0.25) is 0 Å². The third-order valence-electron chi connectivity index (χ3n) is 1.78. The summed E-state index contributed by atoms with van der Waals surface area (Å²) in [4.78, 5) is 21.5. The molecule has 1 rings (SSSR count). The lowest BCUT2D eigenvalue weighted by Gasteiger charge is -2.19. The molecular formula is C6H10ClNO6. The van der Waals surface area contributed by atoms with Gasteiger partial charge in [-0.15, -0.1) is 12.4 Å². The Morgan fingerprint density at radius 1 is 0.857 bits per heavy atom. The quantitative estimate of drug-likeness (QED) is 0.273. The Balaban J connectivity index is 0.00000169. The van der Waals surface area contributed by atoms with Gasteiger partial charge in [0.05, 0.1) is 0 Å². The van der Waals surface area contributed by atoms with Gasteiger partial charge in [-0.25, -0.2) is 0 Å². The minimum absolute atomic E-state index is 0. The van der Waals surface area contributed by atoms with E-state index in [-0.39, 0.29) is 12.4 Å². The number of hydrogen-bond acceptors (Lipinski definition) is 6. The summed E-state index contributed by atoms with van der Waals surface area (Å²) in [7, 11) is 0. The lowest BCUT2D eigenvalue weighted by Crippen LogP contribution is -2.45. The van der Waals surface area contributed by atoms with E-state index >= 15 is 0 Å². The minimum atomic E-state index is -1.92. The molecule has 0 radical (unpaired) electrons. The molecule has 1 aliphatic heterocycles. The fraction of sp³-hybridized carbons (Fsp3) is 0.667. The second-order valence-corrected chi connectivity index (χ2v) is 2.72. The number of halogens is 1. The van der Waals surface area contributed by atoms with Crippen LogP contribution in [0.5, 0.6) is 0 Å².